The van der Waals surface area contributed by atoms with Crippen LogP contribution in [0.25, 0.3) is 0 Å². The van der Waals surface area contributed by atoms with E-state index >= 15 is 0 Å². The number of hydrogen-bond acceptors (Lipinski definition) is 4. The van der Waals surface area contributed by atoms with Gasteiger partial charge in [0.25, 0.3) is 0 Å². The Labute approximate surface area is 118 Å². The number of nitro groups is 1. The van der Waals surface area contributed by atoms with Crippen molar-refractivity contribution >= 4 is 11.5 Å². The lowest BCUT2D eigenvalue weighted by atomic mass is 9.87. The van der Waals surface area contributed by atoms with Crippen LogP contribution in [0, 0.1) is 27.9 Å². The molecule has 6 heteroatoms. The second-order valence-electron chi connectivity index (χ2n) is 5.48. The number of ether oxygens (including phenoxy) is 1. The van der Waals surface area contributed by atoms with E-state index in [1.165, 1.54) is 6.07 Å². The van der Waals surface area contributed by atoms with Crippen molar-refractivity contribution in [2.24, 2.45) is 11.1 Å². The molecule has 20 heavy (non-hydrogen) atoms. The standard InChI is InChI=1S/C14H21N3O3/c1-10-5-6-11(17(18)19)12(9-10)20-8-4-7-14(2,3)13(15)16/h5-6,9H,4,7-8H2,1-3H3,(H3,15,16). The Hall–Kier alpha value is -2.11. The van der Waals surface area contributed by atoms with E-state index in [2.05, 4.69) is 0 Å². The topological polar surface area (TPSA) is 102 Å². The predicted molar refractivity (Wildman–Crippen MR) is 78.3 cm³/mol. The van der Waals surface area contributed by atoms with Crippen LogP contribution in [0.2, 0.25) is 0 Å². The molecule has 0 heterocycles. The molecule has 0 atom stereocenters. The Balaban J connectivity index is 2.60. The number of aryl methyl sites for hydroxylation is 1. The highest BCUT2D eigenvalue weighted by Crippen LogP contribution is 2.28. The van der Waals surface area contributed by atoms with Gasteiger partial charge >= 0.3 is 5.69 Å². The van der Waals surface area contributed by atoms with Crippen LogP contribution in [-0.2, 0) is 0 Å². The smallest absolute Gasteiger partial charge is 0.310 e. The minimum absolute atomic E-state index is 0.0265. The Bertz CT molecular complexity index is 512. The molecule has 0 aromatic heterocycles. The van der Waals surface area contributed by atoms with Gasteiger partial charge in [0, 0.05) is 11.5 Å². The lowest BCUT2D eigenvalue weighted by Crippen LogP contribution is -2.31. The van der Waals surface area contributed by atoms with Gasteiger partial charge in [0.05, 0.1) is 17.4 Å². The van der Waals surface area contributed by atoms with Gasteiger partial charge in [-0.3, -0.25) is 15.5 Å². The molecule has 3 N–H and O–H groups in total. The van der Waals surface area contributed by atoms with Crippen molar-refractivity contribution in [1.29, 1.82) is 5.41 Å². The fourth-order valence-electron chi connectivity index (χ4n) is 1.72. The van der Waals surface area contributed by atoms with Crippen LogP contribution in [0.1, 0.15) is 32.3 Å². The van der Waals surface area contributed by atoms with Gasteiger partial charge < -0.3 is 10.5 Å². The van der Waals surface area contributed by atoms with Crippen molar-refractivity contribution in [3.05, 3.63) is 33.9 Å². The molecular formula is C14H21N3O3. The minimum atomic E-state index is -0.450. The van der Waals surface area contributed by atoms with Crippen LogP contribution < -0.4 is 10.5 Å². The SMILES string of the molecule is Cc1ccc([N+](=O)[O-])c(OCCCC(C)(C)C(=N)N)c1. The highest BCUT2D eigenvalue weighted by Gasteiger charge is 2.21. The van der Waals surface area contributed by atoms with Gasteiger partial charge in [-0.15, -0.1) is 0 Å². The first-order valence-electron chi connectivity index (χ1n) is 6.46. The molecule has 0 aliphatic carbocycles. The van der Waals surface area contributed by atoms with E-state index in [4.69, 9.17) is 15.9 Å². The van der Waals surface area contributed by atoms with Crippen molar-refractivity contribution in [3.63, 3.8) is 0 Å². The number of rotatable bonds is 7. The average Bonchev–Trinajstić information content (AvgIpc) is 2.34. The summed E-state index contributed by atoms with van der Waals surface area (Å²) in [5, 5.41) is 18.4. The van der Waals surface area contributed by atoms with Crippen LogP contribution in [-0.4, -0.2) is 17.4 Å². The van der Waals surface area contributed by atoms with E-state index in [0.717, 1.165) is 5.56 Å². The van der Waals surface area contributed by atoms with Gasteiger partial charge in [-0.2, -0.15) is 0 Å². The van der Waals surface area contributed by atoms with Gasteiger partial charge in [0.2, 0.25) is 0 Å². The largest absolute Gasteiger partial charge is 0.487 e. The second kappa shape index (κ2) is 6.36. The van der Waals surface area contributed by atoms with E-state index in [1.54, 1.807) is 12.1 Å². The summed E-state index contributed by atoms with van der Waals surface area (Å²) in [6, 6.07) is 4.79. The van der Waals surface area contributed by atoms with Crippen molar-refractivity contribution in [3.8, 4) is 5.75 Å². The molecule has 0 fully saturated rings. The predicted octanol–water partition coefficient (Wildman–Crippen LogP) is 3.02. The molecule has 1 aromatic carbocycles. The summed E-state index contributed by atoms with van der Waals surface area (Å²) in [7, 11) is 0. The Morgan fingerprint density at radius 3 is 2.70 bits per heavy atom. The third kappa shape index (κ3) is 4.22. The van der Waals surface area contributed by atoms with E-state index in [-0.39, 0.29) is 22.7 Å². The molecule has 1 aromatic rings. The molecule has 0 saturated heterocycles. The molecule has 0 radical (unpaired) electrons. The van der Waals surface area contributed by atoms with Crippen molar-refractivity contribution in [1.82, 2.24) is 0 Å². The molecule has 0 aliphatic rings. The lowest BCUT2D eigenvalue weighted by molar-refractivity contribution is -0.385. The summed E-state index contributed by atoms with van der Waals surface area (Å²) in [5.74, 6) is 0.426. The van der Waals surface area contributed by atoms with E-state index < -0.39 is 4.92 Å². The fraction of sp³-hybridized carbons (Fsp3) is 0.500. The number of hydrogen-bond donors (Lipinski definition) is 2. The van der Waals surface area contributed by atoms with Crippen LogP contribution in [0.5, 0.6) is 5.75 Å². The quantitative estimate of drug-likeness (QED) is 0.263. The molecule has 0 unspecified atom stereocenters. The Kier molecular flexibility index (Phi) is 5.07. The summed E-state index contributed by atoms with van der Waals surface area (Å²) < 4.78 is 5.50. The highest BCUT2D eigenvalue weighted by atomic mass is 16.6. The zero-order valence-electron chi connectivity index (χ0n) is 12.1. The van der Waals surface area contributed by atoms with Crippen molar-refractivity contribution < 1.29 is 9.66 Å². The van der Waals surface area contributed by atoms with Gasteiger partial charge in [0.15, 0.2) is 5.75 Å². The molecule has 0 amide bonds. The zero-order valence-corrected chi connectivity index (χ0v) is 12.1. The summed E-state index contributed by atoms with van der Waals surface area (Å²) in [6.07, 6.45) is 1.37. The van der Waals surface area contributed by atoms with Gasteiger partial charge in [-0.25, -0.2) is 0 Å². The molecule has 0 spiro atoms. The van der Waals surface area contributed by atoms with Crippen LogP contribution in [0.4, 0.5) is 5.69 Å². The van der Waals surface area contributed by atoms with Gasteiger partial charge in [0.1, 0.15) is 0 Å². The summed E-state index contributed by atoms with van der Waals surface area (Å²) in [6.45, 7) is 6.01. The molecule has 0 saturated carbocycles. The Morgan fingerprint density at radius 2 is 2.15 bits per heavy atom. The van der Waals surface area contributed by atoms with Crippen LogP contribution in [0.15, 0.2) is 18.2 Å². The number of amidine groups is 1. The first-order valence-corrected chi connectivity index (χ1v) is 6.46. The first kappa shape index (κ1) is 15.9. The first-order chi connectivity index (χ1) is 9.24. The molecule has 6 nitrogen and oxygen atoms in total. The number of nitrogens with one attached hydrogen (secondary N) is 1. The van der Waals surface area contributed by atoms with Crippen LogP contribution >= 0.6 is 0 Å². The normalized spacial score (nSPS) is 11.2. The number of benzene rings is 1. The minimum Gasteiger partial charge on any atom is -0.487 e. The maximum Gasteiger partial charge on any atom is 0.310 e. The molecule has 0 aliphatic heterocycles. The van der Waals surface area contributed by atoms with Gasteiger partial charge in [-0.05, 0) is 31.4 Å². The van der Waals surface area contributed by atoms with Gasteiger partial charge in [-0.1, -0.05) is 19.9 Å². The zero-order chi connectivity index (χ0) is 15.3. The summed E-state index contributed by atoms with van der Waals surface area (Å²) in [5.41, 5.74) is 6.01. The molecule has 110 valence electrons. The fourth-order valence-corrected chi connectivity index (χ4v) is 1.72. The average molecular weight is 279 g/mol. The monoisotopic (exact) mass is 279 g/mol. The van der Waals surface area contributed by atoms with E-state index in [9.17, 15) is 10.1 Å². The Morgan fingerprint density at radius 1 is 1.50 bits per heavy atom. The summed E-state index contributed by atoms with van der Waals surface area (Å²) >= 11 is 0. The highest BCUT2D eigenvalue weighted by molar-refractivity contribution is 5.82. The van der Waals surface area contributed by atoms with Crippen LogP contribution in [0.3, 0.4) is 0 Å². The molecule has 0 bridgehead atoms. The lowest BCUT2D eigenvalue weighted by Gasteiger charge is -2.22. The number of nitrogens with zero attached hydrogens (tertiary/aromatic N) is 1. The molecule has 1 rings (SSSR count). The third-order valence-electron chi connectivity index (χ3n) is 3.24. The second-order valence-corrected chi connectivity index (χ2v) is 5.48. The van der Waals surface area contributed by atoms with E-state index in [1.807, 2.05) is 20.8 Å². The maximum atomic E-state index is 10.9. The molecular weight excluding hydrogens is 258 g/mol. The number of nitro benzene ring substituents is 1. The number of nitrogens with two attached hydrogens (primary N) is 1. The summed E-state index contributed by atoms with van der Waals surface area (Å²) in [4.78, 5) is 10.4. The maximum absolute atomic E-state index is 10.9. The van der Waals surface area contributed by atoms with E-state index in [0.29, 0.717) is 19.4 Å². The van der Waals surface area contributed by atoms with Crippen molar-refractivity contribution in [2.75, 3.05) is 6.61 Å². The third-order valence-corrected chi connectivity index (χ3v) is 3.24. The van der Waals surface area contributed by atoms with Crippen molar-refractivity contribution in [2.45, 2.75) is 33.6 Å².